The molecule has 1 atom stereocenters. The molecular weight excluding hydrogens is 268 g/mol. The van der Waals surface area contributed by atoms with Gasteiger partial charge in [-0.25, -0.2) is 0 Å². The first-order valence-corrected chi connectivity index (χ1v) is 6.59. The van der Waals surface area contributed by atoms with Gasteiger partial charge in [-0.1, -0.05) is 24.3 Å². The van der Waals surface area contributed by atoms with Gasteiger partial charge in [0.15, 0.2) is 6.10 Å². The Kier molecular flexibility index (Phi) is 4.82. The van der Waals surface area contributed by atoms with Crippen molar-refractivity contribution in [1.29, 1.82) is 0 Å². The maximum absolute atomic E-state index is 11.4. The summed E-state index contributed by atoms with van der Waals surface area (Å²) in [5.74, 6) is 1.14. The standard InChI is InChI=1S/C17H18O4/c1-12(18)21-17(13-7-9-15(19-2)10-8-13)14-5-4-6-16(11-14)20-3/h4-11,17H,1-3H3. The fourth-order valence-electron chi connectivity index (χ4n) is 2.08. The Bertz CT molecular complexity index is 604. The van der Waals surface area contributed by atoms with Crippen LogP contribution in [0.15, 0.2) is 48.5 Å². The van der Waals surface area contributed by atoms with Crippen LogP contribution >= 0.6 is 0 Å². The predicted molar refractivity (Wildman–Crippen MR) is 79.6 cm³/mol. The summed E-state index contributed by atoms with van der Waals surface area (Å²) in [5.41, 5.74) is 1.73. The molecular formula is C17H18O4. The van der Waals surface area contributed by atoms with Crippen LogP contribution in [0.2, 0.25) is 0 Å². The Labute approximate surface area is 124 Å². The number of methoxy groups -OCH3 is 2. The molecule has 0 spiro atoms. The van der Waals surface area contributed by atoms with Gasteiger partial charge in [0.05, 0.1) is 14.2 Å². The summed E-state index contributed by atoms with van der Waals surface area (Å²) in [7, 11) is 3.22. The third-order valence-electron chi connectivity index (χ3n) is 3.10. The lowest BCUT2D eigenvalue weighted by Gasteiger charge is -2.18. The molecule has 0 aliphatic carbocycles. The van der Waals surface area contributed by atoms with Crippen LogP contribution < -0.4 is 9.47 Å². The summed E-state index contributed by atoms with van der Waals surface area (Å²) in [5, 5.41) is 0. The van der Waals surface area contributed by atoms with Gasteiger partial charge in [-0.2, -0.15) is 0 Å². The van der Waals surface area contributed by atoms with E-state index in [-0.39, 0.29) is 5.97 Å². The molecule has 0 radical (unpaired) electrons. The molecule has 0 aliphatic heterocycles. The second-order valence-corrected chi connectivity index (χ2v) is 4.54. The lowest BCUT2D eigenvalue weighted by Crippen LogP contribution is -2.10. The molecule has 0 bridgehead atoms. The second kappa shape index (κ2) is 6.79. The van der Waals surface area contributed by atoms with Gasteiger partial charge >= 0.3 is 5.97 Å². The molecule has 21 heavy (non-hydrogen) atoms. The third kappa shape index (κ3) is 3.75. The van der Waals surface area contributed by atoms with Crippen molar-refractivity contribution < 1.29 is 19.0 Å². The number of hydrogen-bond acceptors (Lipinski definition) is 4. The van der Waals surface area contributed by atoms with Gasteiger partial charge in [-0.15, -0.1) is 0 Å². The van der Waals surface area contributed by atoms with E-state index in [0.29, 0.717) is 0 Å². The quantitative estimate of drug-likeness (QED) is 0.791. The Morgan fingerprint density at radius 3 is 2.14 bits per heavy atom. The molecule has 2 aromatic rings. The highest BCUT2D eigenvalue weighted by molar-refractivity contribution is 5.67. The first kappa shape index (κ1) is 14.9. The lowest BCUT2D eigenvalue weighted by atomic mass is 10.0. The minimum atomic E-state index is -0.469. The monoisotopic (exact) mass is 286 g/mol. The second-order valence-electron chi connectivity index (χ2n) is 4.54. The van der Waals surface area contributed by atoms with Crippen LogP contribution in [0.25, 0.3) is 0 Å². The number of benzene rings is 2. The lowest BCUT2D eigenvalue weighted by molar-refractivity contribution is -0.144. The van der Waals surface area contributed by atoms with Gasteiger partial charge in [0.25, 0.3) is 0 Å². The first-order valence-electron chi connectivity index (χ1n) is 6.59. The molecule has 1 unspecified atom stereocenters. The van der Waals surface area contributed by atoms with E-state index in [1.807, 2.05) is 48.5 Å². The molecule has 0 heterocycles. The van der Waals surface area contributed by atoms with Crippen molar-refractivity contribution in [2.75, 3.05) is 14.2 Å². The van der Waals surface area contributed by atoms with E-state index in [1.165, 1.54) is 6.92 Å². The zero-order valence-corrected chi connectivity index (χ0v) is 12.3. The molecule has 2 rings (SSSR count). The minimum absolute atomic E-state index is 0.335. The van der Waals surface area contributed by atoms with Crippen LogP contribution in [0.4, 0.5) is 0 Å². The van der Waals surface area contributed by atoms with Gasteiger partial charge in [0.2, 0.25) is 0 Å². The highest BCUT2D eigenvalue weighted by Gasteiger charge is 2.18. The molecule has 0 aromatic heterocycles. The highest BCUT2D eigenvalue weighted by atomic mass is 16.5. The van der Waals surface area contributed by atoms with Crippen LogP contribution in [0, 0.1) is 0 Å². The average Bonchev–Trinajstić information content (AvgIpc) is 2.52. The Balaban J connectivity index is 2.38. The Morgan fingerprint density at radius 2 is 1.57 bits per heavy atom. The van der Waals surface area contributed by atoms with Gasteiger partial charge in [-0.05, 0) is 29.8 Å². The fourth-order valence-corrected chi connectivity index (χ4v) is 2.08. The van der Waals surface area contributed by atoms with Gasteiger partial charge in [-0.3, -0.25) is 4.79 Å². The normalized spacial score (nSPS) is 11.6. The van der Waals surface area contributed by atoms with Crippen LogP contribution in [0.5, 0.6) is 11.5 Å². The number of esters is 1. The maximum atomic E-state index is 11.4. The van der Waals surface area contributed by atoms with Gasteiger partial charge in [0, 0.05) is 12.5 Å². The van der Waals surface area contributed by atoms with Crippen molar-refractivity contribution in [3.8, 4) is 11.5 Å². The van der Waals surface area contributed by atoms with E-state index in [0.717, 1.165) is 22.6 Å². The van der Waals surface area contributed by atoms with Crippen LogP contribution in [-0.4, -0.2) is 20.2 Å². The maximum Gasteiger partial charge on any atom is 0.303 e. The SMILES string of the molecule is COc1ccc(C(OC(C)=O)c2cccc(OC)c2)cc1. The smallest absolute Gasteiger partial charge is 0.303 e. The van der Waals surface area contributed by atoms with E-state index < -0.39 is 6.10 Å². The summed E-state index contributed by atoms with van der Waals surface area (Å²) in [6.07, 6.45) is -0.469. The molecule has 110 valence electrons. The summed E-state index contributed by atoms with van der Waals surface area (Å²) >= 11 is 0. The fraction of sp³-hybridized carbons (Fsp3) is 0.235. The molecule has 2 aromatic carbocycles. The van der Waals surface area contributed by atoms with Crippen molar-refractivity contribution in [2.45, 2.75) is 13.0 Å². The largest absolute Gasteiger partial charge is 0.497 e. The van der Waals surface area contributed by atoms with Crippen molar-refractivity contribution in [1.82, 2.24) is 0 Å². The Morgan fingerprint density at radius 1 is 0.905 bits per heavy atom. The summed E-state index contributed by atoms with van der Waals surface area (Å²) in [6.45, 7) is 1.40. The summed E-state index contributed by atoms with van der Waals surface area (Å²) in [6, 6.07) is 14.9. The molecule has 0 fully saturated rings. The molecule has 4 nitrogen and oxygen atoms in total. The number of rotatable bonds is 5. The highest BCUT2D eigenvalue weighted by Crippen LogP contribution is 2.29. The van der Waals surface area contributed by atoms with Gasteiger partial charge in [0.1, 0.15) is 11.5 Å². The molecule has 0 saturated heterocycles. The number of carbonyl (C=O) groups is 1. The van der Waals surface area contributed by atoms with Crippen LogP contribution in [0.3, 0.4) is 0 Å². The number of carbonyl (C=O) groups excluding carboxylic acids is 1. The zero-order valence-electron chi connectivity index (χ0n) is 12.3. The van der Waals surface area contributed by atoms with Crippen molar-refractivity contribution >= 4 is 5.97 Å². The molecule has 0 amide bonds. The van der Waals surface area contributed by atoms with Crippen molar-refractivity contribution in [3.05, 3.63) is 59.7 Å². The molecule has 0 aliphatic rings. The molecule has 0 N–H and O–H groups in total. The van der Waals surface area contributed by atoms with E-state index in [9.17, 15) is 4.79 Å². The Hall–Kier alpha value is -2.49. The van der Waals surface area contributed by atoms with E-state index >= 15 is 0 Å². The topological polar surface area (TPSA) is 44.8 Å². The van der Waals surface area contributed by atoms with Gasteiger partial charge < -0.3 is 14.2 Å². The zero-order chi connectivity index (χ0) is 15.2. The van der Waals surface area contributed by atoms with Crippen LogP contribution in [0.1, 0.15) is 24.2 Å². The van der Waals surface area contributed by atoms with Crippen LogP contribution in [-0.2, 0) is 9.53 Å². The number of ether oxygens (including phenoxy) is 3. The average molecular weight is 286 g/mol. The third-order valence-corrected chi connectivity index (χ3v) is 3.10. The predicted octanol–water partition coefficient (Wildman–Crippen LogP) is 3.36. The minimum Gasteiger partial charge on any atom is -0.497 e. The molecule has 4 heteroatoms. The van der Waals surface area contributed by atoms with E-state index in [1.54, 1.807) is 14.2 Å². The molecule has 0 saturated carbocycles. The first-order chi connectivity index (χ1) is 10.1. The summed E-state index contributed by atoms with van der Waals surface area (Å²) < 4.78 is 15.8. The summed E-state index contributed by atoms with van der Waals surface area (Å²) in [4.78, 5) is 11.4. The van der Waals surface area contributed by atoms with Crippen molar-refractivity contribution in [2.24, 2.45) is 0 Å². The van der Waals surface area contributed by atoms with E-state index in [4.69, 9.17) is 14.2 Å². The van der Waals surface area contributed by atoms with E-state index in [2.05, 4.69) is 0 Å². The van der Waals surface area contributed by atoms with Crippen molar-refractivity contribution in [3.63, 3.8) is 0 Å². The number of hydrogen-bond donors (Lipinski definition) is 0.